The maximum atomic E-state index is 13.4. The van der Waals surface area contributed by atoms with E-state index < -0.39 is 10.0 Å². The molecule has 158 valence electrons. The minimum absolute atomic E-state index is 0.00727. The molecule has 2 aliphatic heterocycles. The lowest BCUT2D eigenvalue weighted by Crippen LogP contribution is -2.38. The van der Waals surface area contributed by atoms with Crippen LogP contribution in [0.5, 0.6) is 0 Å². The number of amides is 1. The number of hydrogen-bond donors (Lipinski definition) is 0. The first kappa shape index (κ1) is 21.1. The molecule has 0 N–H and O–H groups in total. The van der Waals surface area contributed by atoms with Crippen molar-refractivity contribution in [3.8, 4) is 0 Å². The quantitative estimate of drug-likeness (QED) is 0.630. The zero-order valence-electron chi connectivity index (χ0n) is 17.4. The first-order valence-corrected chi connectivity index (χ1v) is 12.2. The molecule has 0 bridgehead atoms. The zero-order valence-corrected chi connectivity index (χ0v) is 19.8. The summed E-state index contributed by atoms with van der Waals surface area (Å²) in [5, 5.41) is 0. The van der Waals surface area contributed by atoms with E-state index in [1.165, 1.54) is 6.07 Å². The van der Waals surface area contributed by atoms with Crippen molar-refractivity contribution in [1.82, 2.24) is 0 Å². The molecule has 2 aromatic carbocycles. The lowest BCUT2D eigenvalue weighted by atomic mass is 10.1. The summed E-state index contributed by atoms with van der Waals surface area (Å²) < 4.78 is 30.4. The molecule has 30 heavy (non-hydrogen) atoms. The van der Waals surface area contributed by atoms with Gasteiger partial charge in [-0.15, -0.1) is 4.40 Å². The normalized spacial score (nSPS) is 19.5. The predicted molar refractivity (Wildman–Crippen MR) is 123 cm³/mol. The number of benzene rings is 2. The van der Waals surface area contributed by atoms with Crippen molar-refractivity contribution >= 4 is 49.1 Å². The molecule has 0 aromatic heterocycles. The van der Waals surface area contributed by atoms with Gasteiger partial charge in [0.15, 0.2) is 0 Å². The zero-order chi connectivity index (χ0) is 21.8. The highest BCUT2D eigenvalue weighted by Crippen LogP contribution is 2.37. The van der Waals surface area contributed by atoms with Crippen molar-refractivity contribution in [2.45, 2.75) is 45.1 Å². The fourth-order valence-electron chi connectivity index (χ4n) is 4.17. The Morgan fingerprint density at radius 1 is 1.20 bits per heavy atom. The van der Waals surface area contributed by atoms with Crippen molar-refractivity contribution < 1.29 is 13.2 Å². The molecule has 0 saturated heterocycles. The molecule has 0 fully saturated rings. The molecule has 2 aromatic rings. The number of carbonyl (C=O) groups is 1. The van der Waals surface area contributed by atoms with Gasteiger partial charge in [0.1, 0.15) is 10.7 Å². The van der Waals surface area contributed by atoms with Crippen LogP contribution in [-0.4, -0.2) is 32.7 Å². The number of fused-ring (bicyclic) bond motifs is 2. The number of nitrogens with zero attached hydrogens (tertiary/aromatic N) is 3. The molecule has 1 atom stereocenters. The summed E-state index contributed by atoms with van der Waals surface area (Å²) in [7, 11) is -3.85. The second kappa shape index (κ2) is 7.50. The van der Waals surface area contributed by atoms with Gasteiger partial charge in [-0.2, -0.15) is 8.42 Å². The van der Waals surface area contributed by atoms with E-state index in [0.29, 0.717) is 29.5 Å². The van der Waals surface area contributed by atoms with Crippen LogP contribution in [0.25, 0.3) is 0 Å². The van der Waals surface area contributed by atoms with Gasteiger partial charge in [-0.3, -0.25) is 4.79 Å². The van der Waals surface area contributed by atoms with Crippen LogP contribution in [-0.2, 0) is 16.4 Å². The maximum absolute atomic E-state index is 13.4. The van der Waals surface area contributed by atoms with Gasteiger partial charge in [-0.25, -0.2) is 0 Å². The van der Waals surface area contributed by atoms with E-state index in [0.717, 1.165) is 22.1 Å². The Morgan fingerprint density at radius 3 is 2.60 bits per heavy atom. The molecule has 0 radical (unpaired) electrons. The third kappa shape index (κ3) is 3.56. The smallest absolute Gasteiger partial charge is 0.286 e. The summed E-state index contributed by atoms with van der Waals surface area (Å²) in [5.41, 5.74) is 2.89. The Kier molecular flexibility index (Phi) is 5.26. The van der Waals surface area contributed by atoms with E-state index in [2.05, 4.69) is 34.2 Å². The van der Waals surface area contributed by atoms with E-state index in [4.69, 9.17) is 0 Å². The summed E-state index contributed by atoms with van der Waals surface area (Å²) in [6.07, 6.45) is 0.759. The fourth-order valence-corrected chi connectivity index (χ4v) is 5.84. The Bertz CT molecular complexity index is 1170. The number of sulfonamides is 1. The van der Waals surface area contributed by atoms with Gasteiger partial charge in [-0.1, -0.05) is 29.8 Å². The van der Waals surface area contributed by atoms with Crippen LogP contribution in [0, 0.1) is 5.92 Å². The monoisotopic (exact) mass is 489 g/mol. The third-order valence-corrected chi connectivity index (χ3v) is 7.32. The molecule has 2 aliphatic rings. The van der Waals surface area contributed by atoms with Crippen LogP contribution in [0.3, 0.4) is 0 Å². The van der Waals surface area contributed by atoms with Crippen molar-refractivity contribution in [1.29, 1.82) is 0 Å². The van der Waals surface area contributed by atoms with Crippen LogP contribution < -0.4 is 9.80 Å². The van der Waals surface area contributed by atoms with Crippen LogP contribution >= 0.6 is 15.9 Å². The summed E-state index contributed by atoms with van der Waals surface area (Å²) >= 11 is 3.48. The first-order valence-electron chi connectivity index (χ1n) is 9.93. The molecule has 2 heterocycles. The summed E-state index contributed by atoms with van der Waals surface area (Å²) in [6, 6.07) is 10.8. The van der Waals surface area contributed by atoms with E-state index in [9.17, 15) is 13.2 Å². The molecule has 0 saturated carbocycles. The van der Waals surface area contributed by atoms with Crippen LogP contribution in [0.15, 0.2) is 50.2 Å². The second-order valence-corrected chi connectivity index (χ2v) is 10.8. The first-order chi connectivity index (χ1) is 14.1. The fraction of sp³-hybridized carbons (Fsp3) is 0.364. The highest BCUT2D eigenvalue weighted by molar-refractivity contribution is 9.10. The van der Waals surface area contributed by atoms with Gasteiger partial charge in [0.2, 0.25) is 0 Å². The van der Waals surface area contributed by atoms with Crippen molar-refractivity contribution in [3.05, 3.63) is 52.0 Å². The molecule has 1 amide bonds. The largest absolute Gasteiger partial charge is 0.328 e. The highest BCUT2D eigenvalue weighted by atomic mass is 79.9. The SMILES string of the molecule is CC1=NS(=O)(=O)c2cc(C(=O)N3c4ccc(Br)cc4C[C@H]3C)ccc2N1CC(C)C. The van der Waals surface area contributed by atoms with Gasteiger partial charge in [0.05, 0.1) is 5.69 Å². The maximum Gasteiger partial charge on any atom is 0.286 e. The van der Waals surface area contributed by atoms with Crippen LogP contribution in [0.2, 0.25) is 0 Å². The van der Waals surface area contributed by atoms with Gasteiger partial charge in [0.25, 0.3) is 15.9 Å². The predicted octanol–water partition coefficient (Wildman–Crippen LogP) is 4.62. The van der Waals surface area contributed by atoms with E-state index in [1.54, 1.807) is 24.0 Å². The molecule has 4 rings (SSSR count). The van der Waals surface area contributed by atoms with Gasteiger partial charge in [-0.05, 0) is 68.1 Å². The number of hydrogen-bond acceptors (Lipinski definition) is 4. The Labute approximate surface area is 185 Å². The standard InChI is InChI=1S/C22H24BrN3O3S/c1-13(2)12-25-15(4)24-30(28,29)21-11-16(5-7-20(21)25)22(27)26-14(3)9-17-10-18(23)6-8-19(17)26/h5-8,10-11,13-14H,9,12H2,1-4H3/t14-/m1/s1. The lowest BCUT2D eigenvalue weighted by molar-refractivity contribution is 0.0981. The third-order valence-electron chi connectivity index (χ3n) is 5.44. The Hall–Kier alpha value is -2.19. The molecular weight excluding hydrogens is 466 g/mol. The highest BCUT2D eigenvalue weighted by Gasteiger charge is 2.34. The Balaban J connectivity index is 1.76. The number of carbonyl (C=O) groups excluding carboxylic acids is 1. The number of rotatable bonds is 3. The average Bonchev–Trinajstić information content (AvgIpc) is 2.98. The van der Waals surface area contributed by atoms with Gasteiger partial charge in [0, 0.05) is 28.3 Å². The number of amidine groups is 1. The number of halogens is 1. The molecule has 0 aliphatic carbocycles. The van der Waals surface area contributed by atoms with E-state index >= 15 is 0 Å². The average molecular weight is 490 g/mol. The second-order valence-electron chi connectivity index (χ2n) is 8.30. The Morgan fingerprint density at radius 2 is 1.90 bits per heavy atom. The molecule has 6 nitrogen and oxygen atoms in total. The molecular formula is C22H24BrN3O3S. The topological polar surface area (TPSA) is 70.0 Å². The van der Waals surface area contributed by atoms with Gasteiger partial charge < -0.3 is 9.80 Å². The molecule has 8 heteroatoms. The van der Waals surface area contributed by atoms with E-state index in [1.807, 2.05) is 30.0 Å². The minimum atomic E-state index is -3.85. The van der Waals surface area contributed by atoms with Crippen molar-refractivity contribution in [2.24, 2.45) is 10.3 Å². The summed E-state index contributed by atoms with van der Waals surface area (Å²) in [4.78, 5) is 17.1. The summed E-state index contributed by atoms with van der Waals surface area (Å²) in [5.74, 6) is 0.567. The number of anilines is 2. The molecule has 0 spiro atoms. The summed E-state index contributed by atoms with van der Waals surface area (Å²) in [6.45, 7) is 8.48. The lowest BCUT2D eigenvalue weighted by Gasteiger charge is -2.31. The van der Waals surface area contributed by atoms with Gasteiger partial charge >= 0.3 is 0 Å². The van der Waals surface area contributed by atoms with Crippen molar-refractivity contribution in [3.63, 3.8) is 0 Å². The van der Waals surface area contributed by atoms with Crippen LogP contribution in [0.4, 0.5) is 11.4 Å². The van der Waals surface area contributed by atoms with E-state index in [-0.39, 0.29) is 16.8 Å². The minimum Gasteiger partial charge on any atom is -0.328 e. The van der Waals surface area contributed by atoms with Crippen LogP contribution in [0.1, 0.15) is 43.6 Å². The van der Waals surface area contributed by atoms with Crippen molar-refractivity contribution in [2.75, 3.05) is 16.3 Å². The molecule has 0 unspecified atom stereocenters.